The second kappa shape index (κ2) is 4.60. The summed E-state index contributed by atoms with van der Waals surface area (Å²) < 4.78 is 0. The van der Waals surface area contributed by atoms with E-state index in [1.54, 1.807) is 0 Å². The van der Waals surface area contributed by atoms with Gasteiger partial charge in [-0.05, 0) is 42.7 Å². The van der Waals surface area contributed by atoms with Gasteiger partial charge in [-0.15, -0.1) is 0 Å². The Morgan fingerprint density at radius 3 is 2.65 bits per heavy atom. The largest absolute Gasteiger partial charge is 0.356 e. The van der Waals surface area contributed by atoms with Gasteiger partial charge in [0.05, 0.1) is 0 Å². The van der Waals surface area contributed by atoms with Crippen LogP contribution in [0.1, 0.15) is 30.4 Å². The monoisotopic (exact) mass is 294 g/mol. The molecule has 1 aromatic heterocycles. The number of halogens is 1. The number of nitrogens with zero attached hydrogens (tertiary/aromatic N) is 2. The van der Waals surface area contributed by atoms with Crippen molar-refractivity contribution in [1.29, 1.82) is 0 Å². The summed E-state index contributed by atoms with van der Waals surface area (Å²) in [6.07, 6.45) is 6.31. The number of rotatable bonds is 2. The number of aryl methyl sites for hydroxylation is 1. The maximum absolute atomic E-state index is 4.65. The molecule has 2 aliphatic rings. The van der Waals surface area contributed by atoms with Crippen molar-refractivity contribution in [3.63, 3.8) is 0 Å². The molecule has 2 nitrogen and oxygen atoms in total. The first-order valence-electron chi connectivity index (χ1n) is 6.54. The molecule has 2 fully saturated rings. The number of alkyl halides is 1. The highest BCUT2D eigenvalue weighted by atomic mass is 79.9. The van der Waals surface area contributed by atoms with Crippen LogP contribution in [0.2, 0.25) is 0 Å². The molecule has 1 saturated heterocycles. The summed E-state index contributed by atoms with van der Waals surface area (Å²) in [5, 5.41) is 0.895. The average Bonchev–Trinajstić information content (AvgIpc) is 2.89. The number of hydrogen-bond acceptors (Lipinski definition) is 2. The Hall–Kier alpha value is -0.570. The number of pyridine rings is 1. The highest BCUT2D eigenvalue weighted by Gasteiger charge is 2.36. The minimum Gasteiger partial charge on any atom is -0.356 e. The van der Waals surface area contributed by atoms with E-state index in [0.29, 0.717) is 0 Å². The number of hydrogen-bond donors (Lipinski definition) is 0. The van der Waals surface area contributed by atoms with E-state index in [2.05, 4.69) is 38.8 Å². The Morgan fingerprint density at radius 2 is 2.06 bits per heavy atom. The summed E-state index contributed by atoms with van der Waals surface area (Å²) in [7, 11) is 0. The molecule has 0 spiro atoms. The van der Waals surface area contributed by atoms with E-state index in [-0.39, 0.29) is 0 Å². The summed E-state index contributed by atoms with van der Waals surface area (Å²) >= 11 is 3.49. The normalized spacial score (nSPS) is 27.5. The number of anilines is 1. The number of fused-ring (bicyclic) bond motifs is 1. The molecular formula is C14H19BrN2. The van der Waals surface area contributed by atoms with Crippen LogP contribution in [0.3, 0.4) is 0 Å². The van der Waals surface area contributed by atoms with Crippen LogP contribution in [-0.4, -0.2) is 18.1 Å². The molecular weight excluding hydrogens is 276 g/mol. The second-order valence-corrected chi connectivity index (χ2v) is 6.03. The Kier molecular flexibility index (Phi) is 3.12. The van der Waals surface area contributed by atoms with Crippen molar-refractivity contribution in [1.82, 2.24) is 4.98 Å². The summed E-state index contributed by atoms with van der Waals surface area (Å²) in [5.74, 6) is 3.09. The van der Waals surface area contributed by atoms with Gasteiger partial charge in [0.1, 0.15) is 5.82 Å². The lowest BCUT2D eigenvalue weighted by atomic mass is 10.0. The Labute approximate surface area is 112 Å². The van der Waals surface area contributed by atoms with Crippen LogP contribution in [0.25, 0.3) is 0 Å². The summed E-state index contributed by atoms with van der Waals surface area (Å²) in [6, 6.07) is 2.26. The third-order valence-corrected chi connectivity index (χ3v) is 4.93. The molecule has 0 aromatic carbocycles. The first-order valence-corrected chi connectivity index (χ1v) is 7.66. The zero-order valence-electron chi connectivity index (χ0n) is 10.3. The van der Waals surface area contributed by atoms with Crippen LogP contribution in [0.4, 0.5) is 5.82 Å². The van der Waals surface area contributed by atoms with Crippen molar-refractivity contribution >= 4 is 21.7 Å². The van der Waals surface area contributed by atoms with Gasteiger partial charge in [-0.3, -0.25) is 0 Å². The average molecular weight is 295 g/mol. The smallest absolute Gasteiger partial charge is 0.131 e. The van der Waals surface area contributed by atoms with E-state index in [9.17, 15) is 0 Å². The van der Waals surface area contributed by atoms with Crippen molar-refractivity contribution in [3.05, 3.63) is 23.4 Å². The predicted octanol–water partition coefficient (Wildman–Crippen LogP) is 3.52. The Bertz CT molecular complexity index is 407. The van der Waals surface area contributed by atoms with Crippen molar-refractivity contribution < 1.29 is 0 Å². The molecule has 0 bridgehead atoms. The van der Waals surface area contributed by atoms with Crippen LogP contribution in [0, 0.1) is 18.8 Å². The fourth-order valence-corrected chi connectivity index (χ4v) is 3.74. The van der Waals surface area contributed by atoms with Gasteiger partial charge in [-0.1, -0.05) is 28.4 Å². The van der Waals surface area contributed by atoms with Crippen molar-refractivity contribution in [2.45, 2.75) is 31.5 Å². The highest BCUT2D eigenvalue weighted by molar-refractivity contribution is 9.08. The summed E-state index contributed by atoms with van der Waals surface area (Å²) in [4.78, 5) is 7.16. The van der Waals surface area contributed by atoms with E-state index in [4.69, 9.17) is 0 Å². The molecule has 0 N–H and O–H groups in total. The van der Waals surface area contributed by atoms with Gasteiger partial charge in [-0.2, -0.15) is 0 Å². The van der Waals surface area contributed by atoms with Crippen LogP contribution >= 0.6 is 15.9 Å². The van der Waals surface area contributed by atoms with Crippen molar-refractivity contribution in [2.24, 2.45) is 11.8 Å². The molecule has 92 valence electrons. The Balaban J connectivity index is 1.81. The summed E-state index contributed by atoms with van der Waals surface area (Å²) in [5.41, 5.74) is 2.59. The fourth-order valence-electron chi connectivity index (χ4n) is 3.44. The van der Waals surface area contributed by atoms with Gasteiger partial charge in [0.25, 0.3) is 0 Å². The molecule has 2 heterocycles. The maximum Gasteiger partial charge on any atom is 0.131 e. The van der Waals surface area contributed by atoms with Gasteiger partial charge >= 0.3 is 0 Å². The molecule has 1 aliphatic carbocycles. The molecule has 1 aromatic rings. The van der Waals surface area contributed by atoms with E-state index >= 15 is 0 Å². The van der Waals surface area contributed by atoms with E-state index in [1.165, 1.54) is 49.3 Å². The van der Waals surface area contributed by atoms with Crippen LogP contribution in [0.15, 0.2) is 12.3 Å². The SMILES string of the molecule is Cc1cc(CBr)cnc1N1CC2CCCC2C1. The molecule has 17 heavy (non-hydrogen) atoms. The van der Waals surface area contributed by atoms with E-state index in [0.717, 1.165) is 17.2 Å². The second-order valence-electron chi connectivity index (χ2n) is 5.47. The third kappa shape index (κ3) is 2.10. The molecule has 1 saturated carbocycles. The molecule has 0 amide bonds. The predicted molar refractivity (Wildman–Crippen MR) is 74.6 cm³/mol. The molecule has 3 rings (SSSR count). The van der Waals surface area contributed by atoms with E-state index in [1.807, 2.05) is 6.20 Å². The van der Waals surface area contributed by atoms with Crippen molar-refractivity contribution in [3.8, 4) is 0 Å². The molecule has 0 radical (unpaired) electrons. The number of aromatic nitrogens is 1. The first kappa shape index (κ1) is 11.5. The summed E-state index contributed by atoms with van der Waals surface area (Å²) in [6.45, 7) is 4.64. The van der Waals surface area contributed by atoms with Gasteiger partial charge in [-0.25, -0.2) is 4.98 Å². The molecule has 2 atom stereocenters. The highest BCUT2D eigenvalue weighted by Crippen LogP contribution is 2.39. The van der Waals surface area contributed by atoms with Gasteiger partial charge in [0, 0.05) is 24.6 Å². The lowest BCUT2D eigenvalue weighted by Gasteiger charge is -2.20. The minimum atomic E-state index is 0.895. The molecule has 2 unspecified atom stereocenters. The zero-order valence-corrected chi connectivity index (χ0v) is 11.9. The standard InChI is InChI=1S/C14H19BrN2/c1-10-5-11(6-15)7-16-14(10)17-8-12-3-2-4-13(12)9-17/h5,7,12-13H,2-4,6,8-9H2,1H3. The first-order chi connectivity index (χ1) is 8.28. The molecule has 1 aliphatic heterocycles. The van der Waals surface area contributed by atoms with Crippen LogP contribution in [-0.2, 0) is 5.33 Å². The molecule has 3 heteroatoms. The lowest BCUT2D eigenvalue weighted by Crippen LogP contribution is -2.22. The zero-order chi connectivity index (χ0) is 11.8. The lowest BCUT2D eigenvalue weighted by molar-refractivity contribution is 0.494. The van der Waals surface area contributed by atoms with Gasteiger partial charge in [0.15, 0.2) is 0 Å². The third-order valence-electron chi connectivity index (χ3n) is 4.29. The van der Waals surface area contributed by atoms with Gasteiger partial charge < -0.3 is 4.90 Å². The Morgan fingerprint density at radius 1 is 1.35 bits per heavy atom. The van der Waals surface area contributed by atoms with Crippen molar-refractivity contribution in [2.75, 3.05) is 18.0 Å². The topological polar surface area (TPSA) is 16.1 Å². The minimum absolute atomic E-state index is 0.895. The quantitative estimate of drug-likeness (QED) is 0.776. The van der Waals surface area contributed by atoms with Gasteiger partial charge in [0.2, 0.25) is 0 Å². The van der Waals surface area contributed by atoms with E-state index < -0.39 is 0 Å². The van der Waals surface area contributed by atoms with Crippen LogP contribution < -0.4 is 4.90 Å². The fraction of sp³-hybridized carbons (Fsp3) is 0.643. The maximum atomic E-state index is 4.65. The van der Waals surface area contributed by atoms with Crippen LogP contribution in [0.5, 0.6) is 0 Å².